The molecule has 2 heterocycles. The number of aromatic nitrogens is 2. The average molecular weight is 271 g/mol. The number of hydrogen-bond donors (Lipinski definition) is 2. The second kappa shape index (κ2) is 4.59. The van der Waals surface area contributed by atoms with Gasteiger partial charge in [0.1, 0.15) is 4.90 Å². The van der Waals surface area contributed by atoms with Crippen LogP contribution in [-0.2, 0) is 16.6 Å². The molecule has 0 aliphatic carbocycles. The van der Waals surface area contributed by atoms with E-state index in [0.29, 0.717) is 12.2 Å². The Labute approximate surface area is 104 Å². The summed E-state index contributed by atoms with van der Waals surface area (Å²) in [5.74, 6) is 0. The minimum Gasteiger partial charge on any atom is -0.281 e. The molecule has 0 aliphatic rings. The summed E-state index contributed by atoms with van der Waals surface area (Å²) < 4.78 is 26.5. The molecule has 0 unspecified atom stereocenters. The smallest absolute Gasteiger partial charge is 0.244 e. The van der Waals surface area contributed by atoms with E-state index in [-0.39, 0.29) is 4.90 Å². The quantitative estimate of drug-likeness (QED) is 0.886. The molecule has 7 heteroatoms. The fraction of sp³-hybridized carbons (Fsp3) is 0.300. The highest BCUT2D eigenvalue weighted by Crippen LogP contribution is 2.17. The van der Waals surface area contributed by atoms with Crippen molar-refractivity contribution in [3.05, 3.63) is 33.8 Å². The molecule has 0 bridgehead atoms. The Hall–Kier alpha value is -1.18. The predicted molar refractivity (Wildman–Crippen MR) is 66.4 cm³/mol. The van der Waals surface area contributed by atoms with E-state index < -0.39 is 10.0 Å². The van der Waals surface area contributed by atoms with Crippen molar-refractivity contribution >= 4 is 21.4 Å². The Bertz CT molecular complexity index is 613. The van der Waals surface area contributed by atoms with Crippen molar-refractivity contribution in [2.45, 2.75) is 25.3 Å². The molecule has 0 fully saturated rings. The van der Waals surface area contributed by atoms with E-state index in [9.17, 15) is 8.42 Å². The first-order chi connectivity index (χ1) is 8.00. The topological polar surface area (TPSA) is 74.8 Å². The second-order valence-electron chi connectivity index (χ2n) is 3.71. The largest absolute Gasteiger partial charge is 0.281 e. The van der Waals surface area contributed by atoms with Gasteiger partial charge in [0.2, 0.25) is 10.0 Å². The summed E-state index contributed by atoms with van der Waals surface area (Å²) in [6.07, 6.45) is 1.32. The lowest BCUT2D eigenvalue weighted by molar-refractivity contribution is 0.581. The molecule has 2 aromatic heterocycles. The Morgan fingerprint density at radius 2 is 2.24 bits per heavy atom. The Morgan fingerprint density at radius 1 is 1.47 bits per heavy atom. The van der Waals surface area contributed by atoms with Gasteiger partial charge in [-0.2, -0.15) is 5.10 Å². The van der Waals surface area contributed by atoms with Crippen LogP contribution in [0.2, 0.25) is 0 Å². The summed E-state index contributed by atoms with van der Waals surface area (Å²) in [5, 5.41) is 8.27. The third kappa shape index (κ3) is 2.56. The number of nitrogens with one attached hydrogen (secondary N) is 2. The molecule has 0 aromatic carbocycles. The van der Waals surface area contributed by atoms with E-state index in [1.54, 1.807) is 18.3 Å². The van der Waals surface area contributed by atoms with Crippen LogP contribution in [-0.4, -0.2) is 18.6 Å². The fourth-order valence-corrected chi connectivity index (χ4v) is 3.50. The standard InChI is InChI=1S/C10H13N3O2S2/c1-7-3-4-16-9(7)5-12-17(14,15)10-6-11-13-8(10)2/h3-4,6,12H,5H2,1-2H3,(H,11,13). The van der Waals surface area contributed by atoms with Gasteiger partial charge in [0.25, 0.3) is 0 Å². The van der Waals surface area contributed by atoms with Crippen molar-refractivity contribution in [2.24, 2.45) is 0 Å². The zero-order valence-corrected chi connectivity index (χ0v) is 11.2. The lowest BCUT2D eigenvalue weighted by Gasteiger charge is -2.05. The molecule has 5 nitrogen and oxygen atoms in total. The molecular weight excluding hydrogens is 258 g/mol. The number of thiophene rings is 1. The molecule has 2 rings (SSSR count). The molecule has 0 amide bonds. The number of hydrogen-bond acceptors (Lipinski definition) is 4. The lowest BCUT2D eigenvalue weighted by atomic mass is 10.3. The molecule has 0 radical (unpaired) electrons. The van der Waals surface area contributed by atoms with Crippen molar-refractivity contribution in [2.75, 3.05) is 0 Å². The van der Waals surface area contributed by atoms with E-state index in [4.69, 9.17) is 0 Å². The molecule has 0 saturated carbocycles. The van der Waals surface area contributed by atoms with E-state index in [2.05, 4.69) is 14.9 Å². The summed E-state index contributed by atoms with van der Waals surface area (Å²) >= 11 is 1.54. The van der Waals surface area contributed by atoms with Crippen molar-refractivity contribution in [3.8, 4) is 0 Å². The number of rotatable bonds is 4. The normalized spacial score (nSPS) is 11.9. The van der Waals surface area contributed by atoms with Crippen LogP contribution in [0.1, 0.15) is 16.1 Å². The molecule has 2 aromatic rings. The van der Waals surface area contributed by atoms with Gasteiger partial charge in [-0.15, -0.1) is 11.3 Å². The monoisotopic (exact) mass is 271 g/mol. The summed E-state index contributed by atoms with van der Waals surface area (Å²) in [6, 6.07) is 1.97. The van der Waals surface area contributed by atoms with Gasteiger partial charge in [-0.1, -0.05) is 0 Å². The van der Waals surface area contributed by atoms with Crippen LogP contribution in [0.5, 0.6) is 0 Å². The Balaban J connectivity index is 2.15. The first-order valence-corrected chi connectivity index (χ1v) is 7.39. The zero-order chi connectivity index (χ0) is 12.5. The van der Waals surface area contributed by atoms with Gasteiger partial charge < -0.3 is 0 Å². The van der Waals surface area contributed by atoms with Gasteiger partial charge in [0.15, 0.2) is 0 Å². The lowest BCUT2D eigenvalue weighted by Crippen LogP contribution is -2.23. The van der Waals surface area contributed by atoms with Crippen molar-refractivity contribution in [3.63, 3.8) is 0 Å². The molecule has 0 aliphatic heterocycles. The highest BCUT2D eigenvalue weighted by molar-refractivity contribution is 7.89. The van der Waals surface area contributed by atoms with Crippen molar-refractivity contribution in [1.29, 1.82) is 0 Å². The maximum absolute atomic E-state index is 12.0. The van der Waals surface area contributed by atoms with Crippen LogP contribution in [0.25, 0.3) is 0 Å². The van der Waals surface area contributed by atoms with E-state index in [0.717, 1.165) is 10.4 Å². The van der Waals surface area contributed by atoms with Crippen molar-refractivity contribution in [1.82, 2.24) is 14.9 Å². The van der Waals surface area contributed by atoms with Crippen LogP contribution in [0.15, 0.2) is 22.5 Å². The zero-order valence-electron chi connectivity index (χ0n) is 9.52. The molecule has 92 valence electrons. The van der Waals surface area contributed by atoms with Crippen molar-refractivity contribution < 1.29 is 8.42 Å². The van der Waals surface area contributed by atoms with Gasteiger partial charge in [0.05, 0.1) is 11.9 Å². The van der Waals surface area contributed by atoms with Gasteiger partial charge in [-0.25, -0.2) is 13.1 Å². The summed E-state index contributed by atoms with van der Waals surface area (Å²) in [5.41, 5.74) is 1.64. The van der Waals surface area contributed by atoms with E-state index in [1.165, 1.54) is 6.20 Å². The first kappa shape index (κ1) is 12.3. The van der Waals surface area contributed by atoms with Crippen LogP contribution in [0.3, 0.4) is 0 Å². The number of aromatic amines is 1. The Kier molecular flexibility index (Phi) is 3.32. The number of nitrogens with zero attached hydrogens (tertiary/aromatic N) is 1. The maximum Gasteiger partial charge on any atom is 0.244 e. The third-order valence-corrected chi connectivity index (χ3v) is 5.00. The van der Waals surface area contributed by atoms with Crippen LogP contribution < -0.4 is 4.72 Å². The van der Waals surface area contributed by atoms with Crippen LogP contribution >= 0.6 is 11.3 Å². The maximum atomic E-state index is 12.0. The first-order valence-electron chi connectivity index (χ1n) is 5.03. The molecule has 2 N–H and O–H groups in total. The Morgan fingerprint density at radius 3 is 2.76 bits per heavy atom. The molecule has 0 saturated heterocycles. The molecule has 17 heavy (non-hydrogen) atoms. The van der Waals surface area contributed by atoms with Gasteiger partial charge in [0, 0.05) is 11.4 Å². The molecule has 0 atom stereocenters. The average Bonchev–Trinajstić information content (AvgIpc) is 2.85. The highest BCUT2D eigenvalue weighted by atomic mass is 32.2. The number of H-pyrrole nitrogens is 1. The minimum absolute atomic E-state index is 0.201. The molecular formula is C10H13N3O2S2. The van der Waals surface area contributed by atoms with Gasteiger partial charge in [-0.05, 0) is 30.9 Å². The SMILES string of the molecule is Cc1ccsc1CNS(=O)(=O)c1cn[nH]c1C. The highest BCUT2D eigenvalue weighted by Gasteiger charge is 2.18. The van der Waals surface area contributed by atoms with Gasteiger partial charge >= 0.3 is 0 Å². The van der Waals surface area contributed by atoms with E-state index >= 15 is 0 Å². The summed E-state index contributed by atoms with van der Waals surface area (Å²) in [7, 11) is -3.48. The molecule has 0 spiro atoms. The second-order valence-corrected chi connectivity index (χ2v) is 6.45. The van der Waals surface area contributed by atoms with Crippen LogP contribution in [0.4, 0.5) is 0 Å². The van der Waals surface area contributed by atoms with Gasteiger partial charge in [-0.3, -0.25) is 5.10 Å². The van der Waals surface area contributed by atoms with Crippen LogP contribution in [0, 0.1) is 13.8 Å². The minimum atomic E-state index is -3.48. The number of sulfonamides is 1. The summed E-state index contributed by atoms with van der Waals surface area (Å²) in [6.45, 7) is 3.96. The predicted octanol–water partition coefficient (Wildman–Crippen LogP) is 1.57. The third-order valence-electron chi connectivity index (χ3n) is 2.46. The van der Waals surface area contributed by atoms with E-state index in [1.807, 2.05) is 18.4 Å². The number of aryl methyl sites for hydroxylation is 2. The summed E-state index contributed by atoms with van der Waals surface area (Å²) in [4.78, 5) is 1.22. The fourth-order valence-electron chi connectivity index (χ4n) is 1.43.